The second-order valence-corrected chi connectivity index (χ2v) is 4.46. The molecule has 3 atom stereocenters. The van der Waals surface area contributed by atoms with Crippen molar-refractivity contribution < 1.29 is 4.74 Å². The Balaban J connectivity index is 1.94. The van der Waals surface area contributed by atoms with Gasteiger partial charge in [-0.1, -0.05) is 5.21 Å². The Bertz CT molecular complexity index is 315. The van der Waals surface area contributed by atoms with Crippen LogP contribution in [-0.4, -0.2) is 27.2 Å². The number of nitrogen functional groups attached to an aromatic ring is 1. The smallest absolute Gasteiger partial charge is 0.165 e. The van der Waals surface area contributed by atoms with Crippen molar-refractivity contribution in [3.05, 3.63) is 6.20 Å². The third-order valence-electron chi connectivity index (χ3n) is 2.80. The lowest BCUT2D eigenvalue weighted by atomic mass is 9.93. The van der Waals surface area contributed by atoms with Gasteiger partial charge in [0.25, 0.3) is 0 Å². The fraction of sp³-hybridized carbons (Fsp3) is 0.800. The number of nitrogens with zero attached hydrogens (tertiary/aromatic N) is 3. The highest BCUT2D eigenvalue weighted by molar-refractivity contribution is 5.19. The molecule has 2 rings (SSSR count). The van der Waals surface area contributed by atoms with Gasteiger partial charge in [0.05, 0.1) is 18.4 Å². The maximum Gasteiger partial charge on any atom is 0.165 e. The summed E-state index contributed by atoms with van der Waals surface area (Å²) >= 11 is 0. The minimum atomic E-state index is 0.347. The molecule has 5 heteroatoms. The van der Waals surface area contributed by atoms with Gasteiger partial charge >= 0.3 is 0 Å². The van der Waals surface area contributed by atoms with E-state index < -0.39 is 0 Å². The largest absolute Gasteiger partial charge is 0.381 e. The van der Waals surface area contributed by atoms with Gasteiger partial charge in [-0.25, -0.2) is 0 Å². The third kappa shape index (κ3) is 2.68. The molecule has 0 saturated carbocycles. The van der Waals surface area contributed by atoms with Crippen LogP contribution in [0, 0.1) is 5.92 Å². The molecule has 0 aromatic carbocycles. The summed E-state index contributed by atoms with van der Waals surface area (Å²) in [6.07, 6.45) is 4.65. The van der Waals surface area contributed by atoms with Gasteiger partial charge in [-0.3, -0.25) is 4.68 Å². The van der Waals surface area contributed by atoms with E-state index in [1.807, 2.05) is 4.68 Å². The minimum absolute atomic E-state index is 0.347. The van der Waals surface area contributed by atoms with Gasteiger partial charge in [0.15, 0.2) is 5.82 Å². The lowest BCUT2D eigenvalue weighted by Crippen LogP contribution is -2.31. The van der Waals surface area contributed by atoms with Crippen molar-refractivity contribution in [1.29, 1.82) is 0 Å². The molecular weight excluding hydrogens is 192 g/mol. The molecule has 1 aromatic heterocycles. The predicted molar refractivity (Wildman–Crippen MR) is 57.2 cm³/mol. The van der Waals surface area contributed by atoms with Crippen molar-refractivity contribution in [3.63, 3.8) is 0 Å². The topological polar surface area (TPSA) is 66.0 Å². The Morgan fingerprint density at radius 2 is 2.13 bits per heavy atom. The van der Waals surface area contributed by atoms with Gasteiger partial charge in [0, 0.05) is 6.54 Å². The highest BCUT2D eigenvalue weighted by Gasteiger charge is 2.24. The zero-order chi connectivity index (χ0) is 10.8. The van der Waals surface area contributed by atoms with E-state index in [4.69, 9.17) is 10.5 Å². The first-order chi connectivity index (χ1) is 7.13. The van der Waals surface area contributed by atoms with E-state index in [0.29, 0.717) is 23.9 Å². The summed E-state index contributed by atoms with van der Waals surface area (Å²) in [4.78, 5) is 0. The van der Waals surface area contributed by atoms with Gasteiger partial charge in [-0.05, 0) is 32.6 Å². The van der Waals surface area contributed by atoms with E-state index in [2.05, 4.69) is 24.2 Å². The first-order valence-corrected chi connectivity index (χ1v) is 5.44. The summed E-state index contributed by atoms with van der Waals surface area (Å²) in [5.74, 6) is 1.10. The molecule has 1 aromatic rings. The van der Waals surface area contributed by atoms with Crippen LogP contribution in [0.15, 0.2) is 6.20 Å². The summed E-state index contributed by atoms with van der Waals surface area (Å²) in [7, 11) is 0. The minimum Gasteiger partial charge on any atom is -0.381 e. The number of ether oxygens (including phenoxy) is 1. The number of nitrogens with two attached hydrogens (primary N) is 1. The van der Waals surface area contributed by atoms with E-state index in [9.17, 15) is 0 Å². The zero-order valence-electron chi connectivity index (χ0n) is 9.26. The van der Waals surface area contributed by atoms with E-state index in [-0.39, 0.29) is 0 Å². The average molecular weight is 210 g/mol. The van der Waals surface area contributed by atoms with Crippen LogP contribution in [0.4, 0.5) is 5.82 Å². The first kappa shape index (κ1) is 10.4. The second-order valence-electron chi connectivity index (χ2n) is 4.46. The molecule has 15 heavy (non-hydrogen) atoms. The second kappa shape index (κ2) is 4.18. The third-order valence-corrected chi connectivity index (χ3v) is 2.80. The zero-order valence-corrected chi connectivity index (χ0v) is 9.26. The van der Waals surface area contributed by atoms with Crippen molar-refractivity contribution in [2.45, 2.75) is 45.4 Å². The fourth-order valence-electron chi connectivity index (χ4n) is 2.36. The van der Waals surface area contributed by atoms with Gasteiger partial charge in [-0.2, -0.15) is 0 Å². The highest BCUT2D eigenvalue weighted by atomic mass is 16.5. The quantitative estimate of drug-likeness (QED) is 0.792. The predicted octanol–water partition coefficient (Wildman–Crippen LogP) is 1.06. The molecule has 2 heterocycles. The molecule has 1 aliphatic rings. The summed E-state index contributed by atoms with van der Waals surface area (Å²) in [5, 5.41) is 7.74. The number of hydrogen-bond acceptors (Lipinski definition) is 4. The molecule has 0 amide bonds. The van der Waals surface area contributed by atoms with Crippen LogP contribution in [0.1, 0.15) is 26.7 Å². The Hall–Kier alpha value is -1.10. The Kier molecular flexibility index (Phi) is 2.90. The Morgan fingerprint density at radius 1 is 1.47 bits per heavy atom. The van der Waals surface area contributed by atoms with Crippen LogP contribution in [0.25, 0.3) is 0 Å². The fourth-order valence-corrected chi connectivity index (χ4v) is 2.36. The molecule has 0 spiro atoms. The van der Waals surface area contributed by atoms with Gasteiger partial charge in [0.2, 0.25) is 0 Å². The van der Waals surface area contributed by atoms with Crippen molar-refractivity contribution >= 4 is 5.82 Å². The average Bonchev–Trinajstić information content (AvgIpc) is 2.49. The molecular formula is C10H18N4O. The molecule has 1 fully saturated rings. The first-order valence-electron chi connectivity index (χ1n) is 5.44. The Morgan fingerprint density at radius 3 is 2.67 bits per heavy atom. The SMILES string of the molecule is C[C@@H]1CC(Cn2cc(N)nn2)C[C@H](C)O1. The molecule has 1 saturated heterocycles. The molecule has 84 valence electrons. The molecule has 1 unspecified atom stereocenters. The van der Waals surface area contributed by atoms with Crippen LogP contribution in [0.3, 0.4) is 0 Å². The van der Waals surface area contributed by atoms with Crippen molar-refractivity contribution in [3.8, 4) is 0 Å². The van der Waals surface area contributed by atoms with Crippen LogP contribution in [0.2, 0.25) is 0 Å². The van der Waals surface area contributed by atoms with Crippen molar-refractivity contribution in [2.75, 3.05) is 5.73 Å². The van der Waals surface area contributed by atoms with Crippen LogP contribution >= 0.6 is 0 Å². The maximum absolute atomic E-state index is 5.69. The van der Waals surface area contributed by atoms with Crippen LogP contribution in [0.5, 0.6) is 0 Å². The molecule has 2 N–H and O–H groups in total. The molecule has 0 bridgehead atoms. The molecule has 5 nitrogen and oxygen atoms in total. The lowest BCUT2D eigenvalue weighted by Gasteiger charge is -2.31. The van der Waals surface area contributed by atoms with Crippen molar-refractivity contribution in [1.82, 2.24) is 15.0 Å². The monoisotopic (exact) mass is 210 g/mol. The number of hydrogen-bond donors (Lipinski definition) is 1. The number of rotatable bonds is 2. The number of aromatic nitrogens is 3. The summed E-state index contributed by atoms with van der Waals surface area (Å²) in [6, 6.07) is 0. The van der Waals surface area contributed by atoms with E-state index in [0.717, 1.165) is 19.4 Å². The highest BCUT2D eigenvalue weighted by Crippen LogP contribution is 2.25. The molecule has 1 aliphatic heterocycles. The van der Waals surface area contributed by atoms with Gasteiger partial charge in [-0.15, -0.1) is 5.10 Å². The normalized spacial score (nSPS) is 31.7. The molecule has 0 radical (unpaired) electrons. The number of anilines is 1. The van der Waals surface area contributed by atoms with E-state index >= 15 is 0 Å². The van der Waals surface area contributed by atoms with Gasteiger partial charge < -0.3 is 10.5 Å². The summed E-state index contributed by atoms with van der Waals surface area (Å²) in [6.45, 7) is 5.14. The maximum atomic E-state index is 5.69. The summed E-state index contributed by atoms with van der Waals surface area (Å²) in [5.41, 5.74) is 5.52. The lowest BCUT2D eigenvalue weighted by molar-refractivity contribution is -0.0554. The van der Waals surface area contributed by atoms with Crippen LogP contribution in [-0.2, 0) is 11.3 Å². The Labute approximate surface area is 89.6 Å². The van der Waals surface area contributed by atoms with E-state index in [1.165, 1.54) is 0 Å². The van der Waals surface area contributed by atoms with Gasteiger partial charge in [0.1, 0.15) is 0 Å². The van der Waals surface area contributed by atoms with E-state index in [1.54, 1.807) is 6.20 Å². The van der Waals surface area contributed by atoms with Crippen molar-refractivity contribution in [2.24, 2.45) is 5.92 Å². The standard InChI is InChI=1S/C10H18N4O/c1-7-3-9(4-8(2)15-7)5-14-6-10(11)12-13-14/h6-9H,3-5,11H2,1-2H3/t7-,8+,9?. The molecule has 0 aliphatic carbocycles. The van der Waals surface area contributed by atoms with Crippen LogP contribution < -0.4 is 5.73 Å². The summed E-state index contributed by atoms with van der Waals surface area (Å²) < 4.78 is 7.51.